The van der Waals surface area contributed by atoms with E-state index >= 15 is 0 Å². The molecular formula is C20H27N5O2. The summed E-state index contributed by atoms with van der Waals surface area (Å²) < 4.78 is 5.50. The third-order valence-corrected chi connectivity index (χ3v) is 4.98. The van der Waals surface area contributed by atoms with E-state index in [-0.39, 0.29) is 5.91 Å². The number of nitrogens with one attached hydrogen (secondary N) is 2. The van der Waals surface area contributed by atoms with Gasteiger partial charge in [0.1, 0.15) is 0 Å². The maximum absolute atomic E-state index is 13.0. The number of benzene rings is 1. The molecule has 1 aromatic heterocycles. The Balaban J connectivity index is 1.58. The van der Waals surface area contributed by atoms with Gasteiger partial charge in [-0.05, 0) is 18.4 Å². The zero-order valence-electron chi connectivity index (χ0n) is 15.9. The molecule has 3 rings (SSSR count). The highest BCUT2D eigenvalue weighted by Gasteiger charge is 2.41. The maximum Gasteiger partial charge on any atom is 0.230 e. The van der Waals surface area contributed by atoms with Crippen molar-refractivity contribution in [3.63, 3.8) is 0 Å². The predicted octanol–water partition coefficient (Wildman–Crippen LogP) is 1.82. The van der Waals surface area contributed by atoms with Crippen LogP contribution in [0.25, 0.3) is 0 Å². The lowest BCUT2D eigenvalue weighted by Crippen LogP contribution is -2.49. The number of hydrogen-bond donors (Lipinski definition) is 2. The fraction of sp³-hybridized carbons (Fsp3) is 0.450. The van der Waals surface area contributed by atoms with Gasteiger partial charge in [-0.25, -0.2) is 0 Å². The van der Waals surface area contributed by atoms with E-state index < -0.39 is 5.41 Å². The molecule has 1 saturated heterocycles. The minimum absolute atomic E-state index is 0.0620. The minimum atomic E-state index is -0.510. The summed E-state index contributed by atoms with van der Waals surface area (Å²) in [6, 6.07) is 11.9. The summed E-state index contributed by atoms with van der Waals surface area (Å²) in [5.74, 6) is 0.756. The largest absolute Gasteiger partial charge is 0.381 e. The second-order valence-electron chi connectivity index (χ2n) is 6.94. The van der Waals surface area contributed by atoms with Gasteiger partial charge >= 0.3 is 0 Å². The van der Waals surface area contributed by atoms with Crippen LogP contribution in [-0.2, 0) is 14.9 Å². The molecule has 1 aromatic carbocycles. The van der Waals surface area contributed by atoms with E-state index in [1.807, 2.05) is 55.4 Å². The molecule has 1 aliphatic heterocycles. The Morgan fingerprint density at radius 2 is 1.93 bits per heavy atom. The Kier molecular flexibility index (Phi) is 6.24. The lowest BCUT2D eigenvalue weighted by atomic mass is 9.73. The van der Waals surface area contributed by atoms with Gasteiger partial charge in [-0.1, -0.05) is 30.3 Å². The molecular weight excluding hydrogens is 342 g/mol. The SMILES string of the molecule is CN(C)c1cnnc(NCCNC(=O)C2(c3ccccc3)CCOCC2)c1. The maximum atomic E-state index is 13.0. The smallest absolute Gasteiger partial charge is 0.230 e. The summed E-state index contributed by atoms with van der Waals surface area (Å²) in [5.41, 5.74) is 1.52. The monoisotopic (exact) mass is 369 g/mol. The van der Waals surface area contributed by atoms with Crippen molar-refractivity contribution in [1.82, 2.24) is 15.5 Å². The third-order valence-electron chi connectivity index (χ3n) is 4.98. The lowest BCUT2D eigenvalue weighted by Gasteiger charge is -2.36. The molecule has 0 atom stereocenters. The molecule has 0 spiro atoms. The molecule has 2 aromatic rings. The van der Waals surface area contributed by atoms with Gasteiger partial charge in [-0.3, -0.25) is 4.79 Å². The van der Waals surface area contributed by atoms with Gasteiger partial charge < -0.3 is 20.3 Å². The Hall–Kier alpha value is -2.67. The highest BCUT2D eigenvalue weighted by Crippen LogP contribution is 2.35. The molecule has 1 amide bonds. The van der Waals surface area contributed by atoms with Gasteiger partial charge in [0.2, 0.25) is 5.91 Å². The molecule has 7 nitrogen and oxygen atoms in total. The molecule has 0 saturated carbocycles. The number of aromatic nitrogens is 2. The topological polar surface area (TPSA) is 79.4 Å². The number of nitrogens with zero attached hydrogens (tertiary/aromatic N) is 3. The number of anilines is 2. The first-order valence-electron chi connectivity index (χ1n) is 9.27. The standard InChI is InChI=1S/C20H27N5O2/c1-25(2)17-14-18(24-23-15-17)21-10-11-22-19(26)20(8-12-27-13-9-20)16-6-4-3-5-7-16/h3-7,14-15H,8-13H2,1-2H3,(H,21,24)(H,22,26). The second-order valence-corrected chi connectivity index (χ2v) is 6.94. The van der Waals surface area contributed by atoms with Crippen LogP contribution in [0.15, 0.2) is 42.6 Å². The van der Waals surface area contributed by atoms with Crippen molar-refractivity contribution in [3.8, 4) is 0 Å². The van der Waals surface area contributed by atoms with Crippen LogP contribution in [-0.4, -0.2) is 56.5 Å². The number of hydrogen-bond acceptors (Lipinski definition) is 6. The van der Waals surface area contributed by atoms with Crippen molar-refractivity contribution in [2.45, 2.75) is 18.3 Å². The first-order chi connectivity index (χ1) is 13.1. The molecule has 27 heavy (non-hydrogen) atoms. The molecule has 144 valence electrons. The van der Waals surface area contributed by atoms with E-state index in [4.69, 9.17) is 4.74 Å². The first-order valence-corrected chi connectivity index (χ1v) is 9.27. The summed E-state index contributed by atoms with van der Waals surface area (Å²) in [5, 5.41) is 14.4. The van der Waals surface area contributed by atoms with Crippen LogP contribution in [0.3, 0.4) is 0 Å². The normalized spacial score (nSPS) is 15.8. The van der Waals surface area contributed by atoms with Crippen molar-refractivity contribution < 1.29 is 9.53 Å². The Morgan fingerprint density at radius 1 is 1.19 bits per heavy atom. The van der Waals surface area contributed by atoms with Crippen LogP contribution >= 0.6 is 0 Å². The van der Waals surface area contributed by atoms with Crippen molar-refractivity contribution in [2.75, 3.05) is 50.6 Å². The van der Waals surface area contributed by atoms with Crippen molar-refractivity contribution in [1.29, 1.82) is 0 Å². The van der Waals surface area contributed by atoms with E-state index in [1.54, 1.807) is 6.20 Å². The van der Waals surface area contributed by atoms with E-state index in [1.165, 1.54) is 0 Å². The zero-order valence-corrected chi connectivity index (χ0v) is 15.9. The van der Waals surface area contributed by atoms with Crippen LogP contribution < -0.4 is 15.5 Å². The van der Waals surface area contributed by atoms with Crippen molar-refractivity contribution in [2.24, 2.45) is 0 Å². The van der Waals surface area contributed by atoms with Crippen LogP contribution in [0.2, 0.25) is 0 Å². The lowest BCUT2D eigenvalue weighted by molar-refractivity contribution is -0.130. The molecule has 2 heterocycles. The number of amides is 1. The van der Waals surface area contributed by atoms with Crippen molar-refractivity contribution in [3.05, 3.63) is 48.2 Å². The second kappa shape index (κ2) is 8.81. The Morgan fingerprint density at radius 3 is 2.63 bits per heavy atom. The summed E-state index contributed by atoms with van der Waals surface area (Å²) in [6.07, 6.45) is 3.11. The Labute approximate surface area is 160 Å². The van der Waals surface area contributed by atoms with Gasteiger partial charge in [0.25, 0.3) is 0 Å². The molecule has 0 unspecified atom stereocenters. The minimum Gasteiger partial charge on any atom is -0.381 e. The first kappa shape index (κ1) is 19.1. The summed E-state index contributed by atoms with van der Waals surface area (Å²) in [6.45, 7) is 2.31. The number of carbonyl (C=O) groups is 1. The van der Waals surface area contributed by atoms with Crippen LogP contribution in [0.4, 0.5) is 11.5 Å². The molecule has 1 fully saturated rings. The molecule has 0 bridgehead atoms. The van der Waals surface area contributed by atoms with E-state index in [2.05, 4.69) is 20.8 Å². The van der Waals surface area contributed by atoms with Gasteiger partial charge in [0.05, 0.1) is 17.3 Å². The quantitative estimate of drug-likeness (QED) is 0.725. The van der Waals surface area contributed by atoms with Crippen molar-refractivity contribution >= 4 is 17.4 Å². The molecule has 7 heteroatoms. The highest BCUT2D eigenvalue weighted by atomic mass is 16.5. The van der Waals surface area contributed by atoms with E-state index in [0.717, 1.165) is 11.3 Å². The number of carbonyl (C=O) groups excluding carboxylic acids is 1. The molecule has 0 radical (unpaired) electrons. The van der Waals surface area contributed by atoms with Gasteiger partial charge in [0, 0.05) is 46.5 Å². The molecule has 0 aliphatic carbocycles. The summed E-state index contributed by atoms with van der Waals surface area (Å²) in [4.78, 5) is 15.0. The fourth-order valence-electron chi connectivity index (χ4n) is 3.35. The molecule has 2 N–H and O–H groups in total. The van der Waals surface area contributed by atoms with Crippen LogP contribution in [0.1, 0.15) is 18.4 Å². The fourth-order valence-corrected chi connectivity index (χ4v) is 3.35. The number of ether oxygens (including phenoxy) is 1. The average molecular weight is 369 g/mol. The summed E-state index contributed by atoms with van der Waals surface area (Å²) >= 11 is 0. The van der Waals surface area contributed by atoms with Gasteiger partial charge in [-0.15, -0.1) is 5.10 Å². The van der Waals surface area contributed by atoms with Crippen LogP contribution in [0, 0.1) is 0 Å². The average Bonchev–Trinajstić information content (AvgIpc) is 2.72. The van der Waals surface area contributed by atoms with E-state index in [9.17, 15) is 4.79 Å². The zero-order chi connectivity index (χ0) is 19.1. The highest BCUT2D eigenvalue weighted by molar-refractivity contribution is 5.88. The Bertz CT molecular complexity index is 745. The van der Waals surface area contributed by atoms with Crippen LogP contribution in [0.5, 0.6) is 0 Å². The summed E-state index contributed by atoms with van der Waals surface area (Å²) in [7, 11) is 3.91. The van der Waals surface area contributed by atoms with Gasteiger partial charge in [0.15, 0.2) is 5.82 Å². The van der Waals surface area contributed by atoms with E-state index in [0.29, 0.717) is 45.0 Å². The molecule has 1 aliphatic rings. The third kappa shape index (κ3) is 4.54. The van der Waals surface area contributed by atoms with Gasteiger partial charge in [-0.2, -0.15) is 5.10 Å². The predicted molar refractivity (Wildman–Crippen MR) is 106 cm³/mol. The number of rotatable bonds is 7.